The van der Waals surface area contributed by atoms with Crippen LogP contribution in [0.5, 0.6) is 0 Å². The van der Waals surface area contributed by atoms with E-state index in [-0.39, 0.29) is 5.91 Å². The van der Waals surface area contributed by atoms with Crippen LogP contribution < -0.4 is 0 Å². The lowest BCUT2D eigenvalue weighted by Crippen LogP contribution is -2.25. The first kappa shape index (κ1) is 13.3. The molecule has 2 nitrogen and oxygen atoms in total. The van der Waals surface area contributed by atoms with Gasteiger partial charge in [-0.3, -0.25) is 4.79 Å². The predicted octanol–water partition coefficient (Wildman–Crippen LogP) is 5.06. The van der Waals surface area contributed by atoms with Gasteiger partial charge in [-0.15, -0.1) is 34.0 Å². The van der Waals surface area contributed by atoms with E-state index in [1.165, 1.54) is 9.40 Å². The molecule has 0 spiro atoms. The van der Waals surface area contributed by atoms with E-state index in [4.69, 9.17) is 0 Å². The van der Waals surface area contributed by atoms with Crippen LogP contribution in [-0.4, -0.2) is 17.9 Å². The van der Waals surface area contributed by atoms with Gasteiger partial charge in [0.25, 0.3) is 5.91 Å². The Balaban J connectivity index is 1.77. The van der Waals surface area contributed by atoms with Crippen molar-refractivity contribution in [3.63, 3.8) is 0 Å². The minimum absolute atomic E-state index is 0.0933. The van der Waals surface area contributed by atoms with Crippen molar-refractivity contribution in [2.45, 2.75) is 6.54 Å². The maximum absolute atomic E-state index is 12.4. The van der Waals surface area contributed by atoms with Crippen molar-refractivity contribution in [1.82, 2.24) is 4.90 Å². The van der Waals surface area contributed by atoms with E-state index in [9.17, 15) is 4.79 Å². The van der Waals surface area contributed by atoms with Gasteiger partial charge < -0.3 is 4.90 Å². The number of halogens is 1. The maximum atomic E-state index is 12.4. The molecule has 1 amide bonds. The topological polar surface area (TPSA) is 20.3 Å². The Bertz CT molecular complexity index is 698. The van der Waals surface area contributed by atoms with E-state index < -0.39 is 0 Å². The Morgan fingerprint density at radius 3 is 2.84 bits per heavy atom. The summed E-state index contributed by atoms with van der Waals surface area (Å²) < 4.78 is 3.49. The lowest BCUT2D eigenvalue weighted by molar-refractivity contribution is 0.0790. The molecule has 0 radical (unpaired) electrons. The molecular weight excluding hydrogens is 362 g/mol. The Morgan fingerprint density at radius 1 is 1.32 bits per heavy atom. The van der Waals surface area contributed by atoms with Crippen molar-refractivity contribution in [2.24, 2.45) is 0 Å². The zero-order valence-corrected chi connectivity index (χ0v) is 14.1. The fourth-order valence-corrected chi connectivity index (χ4v) is 5.14. The standard InChI is InChI=1S/C13H10BrNOS3/c1-15(6-8-4-12(14)18-7-8)13(16)11-5-10-9(19-11)2-3-17-10/h2-5,7H,6H2,1H3. The largest absolute Gasteiger partial charge is 0.337 e. The highest BCUT2D eigenvalue weighted by molar-refractivity contribution is 9.11. The third-order valence-corrected chi connectivity index (χ3v) is 6.37. The third-order valence-electron chi connectivity index (χ3n) is 2.74. The Kier molecular flexibility index (Phi) is 3.75. The average Bonchev–Trinajstić information content (AvgIpc) is 3.03. The lowest BCUT2D eigenvalue weighted by Gasteiger charge is -2.15. The second-order valence-corrected chi connectivity index (χ2v) is 8.50. The van der Waals surface area contributed by atoms with Crippen LogP contribution in [0.3, 0.4) is 0 Å². The highest BCUT2D eigenvalue weighted by Crippen LogP contribution is 2.31. The van der Waals surface area contributed by atoms with Gasteiger partial charge in [0.15, 0.2) is 0 Å². The van der Waals surface area contributed by atoms with E-state index in [2.05, 4.69) is 38.8 Å². The van der Waals surface area contributed by atoms with E-state index in [1.807, 2.05) is 13.1 Å². The highest BCUT2D eigenvalue weighted by Gasteiger charge is 2.16. The molecule has 6 heteroatoms. The van der Waals surface area contributed by atoms with Crippen molar-refractivity contribution in [3.05, 3.63) is 43.2 Å². The number of hydrogen-bond acceptors (Lipinski definition) is 4. The molecule has 19 heavy (non-hydrogen) atoms. The molecule has 3 heterocycles. The quantitative estimate of drug-likeness (QED) is 0.629. The number of carbonyl (C=O) groups is 1. The van der Waals surface area contributed by atoms with Crippen LogP contribution in [0.15, 0.2) is 32.7 Å². The fourth-order valence-electron chi connectivity index (χ4n) is 1.83. The minimum Gasteiger partial charge on any atom is -0.337 e. The van der Waals surface area contributed by atoms with Gasteiger partial charge in [0.2, 0.25) is 0 Å². The van der Waals surface area contributed by atoms with E-state index in [0.717, 1.165) is 14.2 Å². The smallest absolute Gasteiger partial charge is 0.264 e. The molecule has 0 fully saturated rings. The van der Waals surface area contributed by atoms with Crippen molar-refractivity contribution >= 4 is 65.2 Å². The monoisotopic (exact) mass is 371 g/mol. The van der Waals surface area contributed by atoms with Gasteiger partial charge in [-0.1, -0.05) is 0 Å². The second-order valence-electron chi connectivity index (χ2n) is 4.18. The molecule has 0 aliphatic rings. The molecule has 3 aromatic heterocycles. The van der Waals surface area contributed by atoms with Gasteiger partial charge in [0.05, 0.1) is 8.66 Å². The molecule has 0 aromatic carbocycles. The van der Waals surface area contributed by atoms with Crippen LogP contribution in [0, 0.1) is 0 Å². The predicted molar refractivity (Wildman–Crippen MR) is 87.5 cm³/mol. The van der Waals surface area contributed by atoms with Crippen LogP contribution in [0.1, 0.15) is 15.2 Å². The first-order valence-corrected chi connectivity index (χ1v) is 8.96. The number of fused-ring (bicyclic) bond motifs is 1. The molecule has 0 saturated heterocycles. The Hall–Kier alpha value is -0.690. The van der Waals surface area contributed by atoms with Crippen LogP contribution in [0.4, 0.5) is 0 Å². The molecule has 0 unspecified atom stereocenters. The van der Waals surface area contributed by atoms with Gasteiger partial charge >= 0.3 is 0 Å². The molecule has 98 valence electrons. The average molecular weight is 372 g/mol. The highest BCUT2D eigenvalue weighted by atomic mass is 79.9. The summed E-state index contributed by atoms with van der Waals surface area (Å²) in [6.07, 6.45) is 0. The van der Waals surface area contributed by atoms with Gasteiger partial charge in [-0.05, 0) is 50.5 Å². The normalized spacial score (nSPS) is 11.1. The first-order valence-electron chi connectivity index (χ1n) is 5.59. The zero-order valence-electron chi connectivity index (χ0n) is 10.1. The van der Waals surface area contributed by atoms with Crippen LogP contribution in [0.2, 0.25) is 0 Å². The van der Waals surface area contributed by atoms with Gasteiger partial charge in [-0.25, -0.2) is 0 Å². The summed E-state index contributed by atoms with van der Waals surface area (Å²) in [5, 5.41) is 4.13. The van der Waals surface area contributed by atoms with Crippen LogP contribution in [-0.2, 0) is 6.54 Å². The second kappa shape index (κ2) is 5.36. The molecular formula is C13H10BrNOS3. The summed E-state index contributed by atoms with van der Waals surface area (Å²) in [5.41, 5.74) is 1.16. The Labute approximate surface area is 131 Å². The van der Waals surface area contributed by atoms with Gasteiger partial charge in [-0.2, -0.15) is 0 Å². The summed E-state index contributed by atoms with van der Waals surface area (Å²) >= 11 is 8.33. The van der Waals surface area contributed by atoms with E-state index >= 15 is 0 Å². The maximum Gasteiger partial charge on any atom is 0.264 e. The van der Waals surface area contributed by atoms with Gasteiger partial charge in [0, 0.05) is 23.0 Å². The Morgan fingerprint density at radius 2 is 2.16 bits per heavy atom. The van der Waals surface area contributed by atoms with E-state index in [1.54, 1.807) is 38.9 Å². The van der Waals surface area contributed by atoms with E-state index in [0.29, 0.717) is 6.54 Å². The van der Waals surface area contributed by atoms with Crippen molar-refractivity contribution in [3.8, 4) is 0 Å². The fraction of sp³-hybridized carbons (Fsp3) is 0.154. The third kappa shape index (κ3) is 2.76. The lowest BCUT2D eigenvalue weighted by atomic mass is 10.3. The number of carbonyl (C=O) groups excluding carboxylic acids is 1. The number of nitrogens with zero attached hydrogens (tertiary/aromatic N) is 1. The van der Waals surface area contributed by atoms with Crippen molar-refractivity contribution in [1.29, 1.82) is 0 Å². The molecule has 0 saturated carbocycles. The molecule has 0 bridgehead atoms. The summed E-state index contributed by atoms with van der Waals surface area (Å²) in [6.45, 7) is 0.645. The summed E-state index contributed by atoms with van der Waals surface area (Å²) in [7, 11) is 1.85. The zero-order chi connectivity index (χ0) is 13.4. The summed E-state index contributed by atoms with van der Waals surface area (Å²) in [6, 6.07) is 6.12. The first-order chi connectivity index (χ1) is 9.13. The molecule has 0 aliphatic carbocycles. The SMILES string of the molecule is CN(Cc1csc(Br)c1)C(=O)c1cc2sccc2s1. The van der Waals surface area contributed by atoms with Crippen molar-refractivity contribution in [2.75, 3.05) is 7.05 Å². The van der Waals surface area contributed by atoms with Crippen molar-refractivity contribution < 1.29 is 4.79 Å². The number of rotatable bonds is 3. The minimum atomic E-state index is 0.0933. The summed E-state index contributed by atoms with van der Waals surface area (Å²) in [4.78, 5) is 14.9. The molecule has 0 N–H and O–H groups in total. The van der Waals surface area contributed by atoms with Crippen LogP contribution >= 0.6 is 49.9 Å². The summed E-state index contributed by atoms with van der Waals surface area (Å²) in [5.74, 6) is 0.0933. The molecule has 0 atom stereocenters. The molecule has 0 aliphatic heterocycles. The molecule has 3 rings (SSSR count). The van der Waals surface area contributed by atoms with Gasteiger partial charge in [0.1, 0.15) is 0 Å². The number of amides is 1. The molecule has 3 aromatic rings. The number of thiophene rings is 3. The number of hydrogen-bond donors (Lipinski definition) is 0. The van der Waals surface area contributed by atoms with Crippen LogP contribution in [0.25, 0.3) is 9.40 Å².